The summed E-state index contributed by atoms with van der Waals surface area (Å²) in [6.45, 7) is 9.45. The third-order valence-corrected chi connectivity index (χ3v) is 9.09. The maximum atomic E-state index is 14.0. The van der Waals surface area contributed by atoms with Crippen molar-refractivity contribution in [2.75, 3.05) is 0 Å². The molecular weight excluding hydrogens is 487 g/mol. The number of carbonyl (C=O) groups is 2. The van der Waals surface area contributed by atoms with E-state index in [1.807, 2.05) is 13.0 Å². The molecule has 4 atom stereocenters. The van der Waals surface area contributed by atoms with Gasteiger partial charge >= 0.3 is 0 Å². The van der Waals surface area contributed by atoms with Gasteiger partial charge in [0.1, 0.15) is 16.4 Å². The van der Waals surface area contributed by atoms with Crippen LogP contribution in [0, 0.1) is 0 Å². The number of hydrogen-bond donors (Lipinski definition) is 2. The van der Waals surface area contributed by atoms with Crippen molar-refractivity contribution in [2.24, 2.45) is 0 Å². The third kappa shape index (κ3) is 3.54. The number of ketones is 2. The average molecular weight is 514 g/mol. The number of carbonyl (C=O) groups excluding carboxylic acids is 2. The SMILES string of the molecule is C=C1Cc2c(O)cc3c(c2O)C(=O)C2(Cl)CC(Cl)C(C)(C)OC2(C/C=C(\C)CCC1Cl)C3=O. The number of ether oxygens (including phenoxy) is 1. The average Bonchev–Trinajstić information content (AvgIpc) is 2.73. The number of hydrogen-bond acceptors (Lipinski definition) is 5. The Morgan fingerprint density at radius 1 is 1.18 bits per heavy atom. The Kier molecular flexibility index (Phi) is 5.97. The number of Topliss-reactive ketones (excluding diaryl/α,β-unsaturated/α-hetero) is 2. The molecule has 1 fully saturated rings. The van der Waals surface area contributed by atoms with E-state index in [9.17, 15) is 19.8 Å². The van der Waals surface area contributed by atoms with Crippen LogP contribution in [0.5, 0.6) is 11.5 Å². The monoisotopic (exact) mass is 512 g/mol. The second-order valence-corrected chi connectivity index (χ2v) is 11.6. The Morgan fingerprint density at radius 3 is 2.52 bits per heavy atom. The van der Waals surface area contributed by atoms with Gasteiger partial charge in [-0.1, -0.05) is 23.8 Å². The van der Waals surface area contributed by atoms with Gasteiger partial charge in [0.2, 0.25) is 0 Å². The summed E-state index contributed by atoms with van der Waals surface area (Å²) in [6, 6.07) is 1.21. The molecule has 0 radical (unpaired) electrons. The van der Waals surface area contributed by atoms with Gasteiger partial charge in [0.25, 0.3) is 0 Å². The number of phenols is 2. The first-order chi connectivity index (χ1) is 15.2. The quantitative estimate of drug-likeness (QED) is 0.336. The minimum Gasteiger partial charge on any atom is -0.507 e. The van der Waals surface area contributed by atoms with Crippen molar-refractivity contribution in [3.05, 3.63) is 46.6 Å². The van der Waals surface area contributed by atoms with Gasteiger partial charge in [-0.05, 0) is 46.1 Å². The van der Waals surface area contributed by atoms with Gasteiger partial charge in [0.15, 0.2) is 17.2 Å². The summed E-state index contributed by atoms with van der Waals surface area (Å²) < 4.78 is 6.35. The molecule has 0 aromatic heterocycles. The summed E-state index contributed by atoms with van der Waals surface area (Å²) in [6.07, 6.45) is 3.12. The molecule has 0 saturated carbocycles. The van der Waals surface area contributed by atoms with Crippen LogP contribution in [0.4, 0.5) is 0 Å². The van der Waals surface area contributed by atoms with Gasteiger partial charge in [-0.15, -0.1) is 34.8 Å². The number of halogens is 3. The first-order valence-electron chi connectivity index (χ1n) is 10.9. The minimum atomic E-state index is -1.82. The molecule has 1 aromatic rings. The van der Waals surface area contributed by atoms with Crippen molar-refractivity contribution in [3.63, 3.8) is 0 Å². The van der Waals surface area contributed by atoms with Gasteiger partial charge in [-0.3, -0.25) is 9.59 Å². The van der Waals surface area contributed by atoms with Crippen LogP contribution < -0.4 is 0 Å². The predicted octanol–water partition coefficient (Wildman–Crippen LogP) is 5.84. The van der Waals surface area contributed by atoms with Crippen molar-refractivity contribution < 1.29 is 24.5 Å². The molecule has 4 bridgehead atoms. The van der Waals surface area contributed by atoms with Gasteiger partial charge in [0, 0.05) is 24.0 Å². The van der Waals surface area contributed by atoms with Gasteiger partial charge in [-0.25, -0.2) is 0 Å². The molecule has 5 aliphatic rings. The Labute approximate surface area is 208 Å². The molecule has 5 nitrogen and oxygen atoms in total. The number of fused-ring (bicyclic) bond motifs is 1. The lowest BCUT2D eigenvalue weighted by Gasteiger charge is -2.56. The first kappa shape index (κ1) is 24.6. The molecular formula is C25H27Cl3O5. The van der Waals surface area contributed by atoms with Crippen molar-refractivity contribution in [1.29, 1.82) is 0 Å². The summed E-state index contributed by atoms with van der Waals surface area (Å²) in [5.74, 6) is -2.00. The lowest BCUT2D eigenvalue weighted by Crippen LogP contribution is -2.72. The lowest BCUT2D eigenvalue weighted by molar-refractivity contribution is -0.157. The molecule has 1 aromatic carbocycles. The molecule has 2 N–H and O–H groups in total. The number of benzene rings is 1. The van der Waals surface area contributed by atoms with Crippen molar-refractivity contribution >= 4 is 46.4 Å². The number of allylic oxidation sites excluding steroid dienone is 2. The standard InChI is InChI=1S/C25H27Cl3O5/c1-12-5-6-16(26)13(2)9-14-17(29)10-15-19(20(14)30)22(32)24(28)11-18(27)23(3,4)33-25(24,8-7-12)21(15)31/h7,10,16,18,29-30H,2,5-6,8-9,11H2,1,3-4H3/b12-7+. The summed E-state index contributed by atoms with van der Waals surface area (Å²) in [5, 5.41) is 20.8. The smallest absolute Gasteiger partial charge is 0.198 e. The highest BCUT2D eigenvalue weighted by molar-refractivity contribution is 6.45. The van der Waals surface area contributed by atoms with E-state index in [2.05, 4.69) is 6.58 Å². The Morgan fingerprint density at radius 2 is 1.85 bits per heavy atom. The first-order valence-corrected chi connectivity index (χ1v) is 12.2. The molecule has 1 heterocycles. The molecule has 178 valence electrons. The highest BCUT2D eigenvalue weighted by Crippen LogP contribution is 2.57. The predicted molar refractivity (Wildman–Crippen MR) is 129 cm³/mol. The van der Waals surface area contributed by atoms with Crippen LogP contribution >= 0.6 is 34.8 Å². The Bertz CT molecular complexity index is 1110. The third-order valence-electron chi connectivity index (χ3n) is 7.25. The van der Waals surface area contributed by atoms with Gasteiger partial charge in [-0.2, -0.15) is 0 Å². The maximum Gasteiger partial charge on any atom is 0.198 e. The van der Waals surface area contributed by atoms with E-state index in [1.165, 1.54) is 6.07 Å². The Hall–Kier alpha value is -1.53. The van der Waals surface area contributed by atoms with Crippen molar-refractivity contribution in [3.8, 4) is 11.5 Å². The van der Waals surface area contributed by atoms with Crippen LogP contribution in [0.15, 0.2) is 29.9 Å². The summed E-state index contributed by atoms with van der Waals surface area (Å²) >= 11 is 20.1. The second-order valence-electron chi connectivity index (χ2n) is 9.90. The van der Waals surface area contributed by atoms with Gasteiger partial charge in [0.05, 0.1) is 21.9 Å². The molecule has 4 aliphatic carbocycles. The fourth-order valence-electron chi connectivity index (χ4n) is 5.06. The molecule has 1 spiro atoms. The summed E-state index contributed by atoms with van der Waals surface area (Å²) in [7, 11) is 0. The lowest BCUT2D eigenvalue weighted by atomic mass is 9.63. The summed E-state index contributed by atoms with van der Waals surface area (Å²) in [5.41, 5.74) is -1.40. The van der Waals surface area contributed by atoms with E-state index in [0.29, 0.717) is 18.4 Å². The topological polar surface area (TPSA) is 83.8 Å². The fourth-order valence-corrected chi connectivity index (χ4v) is 6.05. The van der Waals surface area contributed by atoms with Crippen LogP contribution in [-0.2, 0) is 11.2 Å². The zero-order chi connectivity index (χ0) is 24.5. The molecule has 6 rings (SSSR count). The molecule has 1 aliphatic heterocycles. The fraction of sp³-hybridized carbons (Fsp3) is 0.520. The summed E-state index contributed by atoms with van der Waals surface area (Å²) in [4.78, 5) is 26.1. The van der Waals surface area contributed by atoms with Crippen LogP contribution in [0.1, 0.15) is 72.7 Å². The molecule has 0 amide bonds. The van der Waals surface area contributed by atoms with Gasteiger partial charge < -0.3 is 14.9 Å². The minimum absolute atomic E-state index is 0.0217. The van der Waals surface area contributed by atoms with E-state index in [4.69, 9.17) is 39.5 Å². The Balaban J connectivity index is 2.05. The second kappa shape index (κ2) is 8.01. The van der Waals surface area contributed by atoms with Crippen LogP contribution in [0.25, 0.3) is 0 Å². The zero-order valence-electron chi connectivity index (χ0n) is 18.8. The zero-order valence-corrected chi connectivity index (χ0v) is 21.1. The molecule has 33 heavy (non-hydrogen) atoms. The number of alkyl halides is 3. The van der Waals surface area contributed by atoms with E-state index >= 15 is 0 Å². The van der Waals surface area contributed by atoms with E-state index in [-0.39, 0.29) is 41.7 Å². The highest BCUT2D eigenvalue weighted by atomic mass is 35.5. The van der Waals surface area contributed by atoms with E-state index < -0.39 is 44.1 Å². The number of aromatic hydroxyl groups is 2. The molecule has 8 heteroatoms. The van der Waals surface area contributed by atoms with Crippen LogP contribution in [0.3, 0.4) is 0 Å². The number of phenolic OH excluding ortho intramolecular Hbond substituents is 2. The largest absolute Gasteiger partial charge is 0.507 e. The van der Waals surface area contributed by atoms with E-state index in [0.717, 1.165) is 5.57 Å². The number of rotatable bonds is 0. The van der Waals surface area contributed by atoms with E-state index in [1.54, 1.807) is 13.8 Å². The maximum absolute atomic E-state index is 14.0. The van der Waals surface area contributed by atoms with Crippen molar-refractivity contribution in [1.82, 2.24) is 0 Å². The van der Waals surface area contributed by atoms with Crippen LogP contribution in [-0.4, -0.2) is 48.6 Å². The normalized spacial score (nSPS) is 35.7. The van der Waals surface area contributed by atoms with Crippen LogP contribution in [0.2, 0.25) is 0 Å². The molecule has 1 saturated heterocycles. The highest BCUT2D eigenvalue weighted by Gasteiger charge is 2.70. The van der Waals surface area contributed by atoms with Crippen molar-refractivity contribution in [2.45, 2.75) is 79.7 Å². The molecule has 4 unspecified atom stereocenters.